The summed E-state index contributed by atoms with van der Waals surface area (Å²) in [6.07, 6.45) is 4.55. The van der Waals surface area contributed by atoms with Crippen LogP contribution in [0.4, 0.5) is 0 Å². The van der Waals surface area contributed by atoms with Crippen LogP contribution >= 0.6 is 0 Å². The van der Waals surface area contributed by atoms with Crippen molar-refractivity contribution in [3.05, 3.63) is 35.4 Å². The molecule has 1 aromatic rings. The second-order valence-electron chi connectivity index (χ2n) is 6.52. The van der Waals surface area contributed by atoms with Gasteiger partial charge in [0.05, 0.1) is 6.07 Å². The van der Waals surface area contributed by atoms with Crippen LogP contribution < -0.4 is 0 Å². The first kappa shape index (κ1) is 14.1. The zero-order valence-electron chi connectivity index (χ0n) is 12.6. The van der Waals surface area contributed by atoms with Crippen molar-refractivity contribution >= 4 is 5.91 Å². The Balaban J connectivity index is 1.81. The van der Waals surface area contributed by atoms with E-state index in [1.165, 1.54) is 24.0 Å². The van der Waals surface area contributed by atoms with E-state index in [0.717, 1.165) is 25.9 Å². The molecule has 3 heteroatoms. The highest BCUT2D eigenvalue weighted by atomic mass is 16.2. The average molecular weight is 282 g/mol. The van der Waals surface area contributed by atoms with Crippen molar-refractivity contribution in [2.75, 3.05) is 13.1 Å². The SMILES string of the molecule is CC1CCC2(CCN(C(=O)CC#N)CC2)c2ccccc21. The van der Waals surface area contributed by atoms with Gasteiger partial charge in [-0.2, -0.15) is 5.26 Å². The zero-order valence-corrected chi connectivity index (χ0v) is 12.6. The van der Waals surface area contributed by atoms with Crippen molar-refractivity contribution in [2.24, 2.45) is 0 Å². The first-order valence-corrected chi connectivity index (χ1v) is 7.90. The largest absolute Gasteiger partial charge is 0.342 e. The standard InChI is InChI=1S/C18H22N2O/c1-14-6-8-18(16-5-3-2-4-15(14)16)9-12-20(13-10-18)17(21)7-11-19/h2-5,14H,6-10,12-13H2,1H3. The molecule has 1 amide bonds. The lowest BCUT2D eigenvalue weighted by molar-refractivity contribution is -0.131. The number of hydrogen-bond donors (Lipinski definition) is 0. The van der Waals surface area contributed by atoms with Gasteiger partial charge < -0.3 is 4.90 Å². The van der Waals surface area contributed by atoms with Crippen LogP contribution in [0.3, 0.4) is 0 Å². The van der Waals surface area contributed by atoms with Crippen molar-refractivity contribution in [3.8, 4) is 6.07 Å². The zero-order chi connectivity index (χ0) is 14.9. The average Bonchev–Trinajstić information content (AvgIpc) is 2.52. The summed E-state index contributed by atoms with van der Waals surface area (Å²) in [5, 5.41) is 8.67. The van der Waals surface area contributed by atoms with Gasteiger partial charge in [0, 0.05) is 13.1 Å². The molecule has 3 nitrogen and oxygen atoms in total. The number of nitrogens with zero attached hydrogens (tertiary/aromatic N) is 2. The molecule has 110 valence electrons. The van der Waals surface area contributed by atoms with Gasteiger partial charge >= 0.3 is 0 Å². The summed E-state index contributed by atoms with van der Waals surface area (Å²) in [4.78, 5) is 13.7. The van der Waals surface area contributed by atoms with E-state index in [1.54, 1.807) is 0 Å². The molecule has 1 aliphatic heterocycles. The fraction of sp³-hybridized carbons (Fsp3) is 0.556. The lowest BCUT2D eigenvalue weighted by Crippen LogP contribution is -2.46. The first-order valence-electron chi connectivity index (χ1n) is 7.90. The molecule has 0 saturated carbocycles. The number of rotatable bonds is 1. The van der Waals surface area contributed by atoms with Gasteiger partial charge in [0.25, 0.3) is 0 Å². The molecule has 0 aromatic heterocycles. The minimum Gasteiger partial charge on any atom is -0.342 e. The molecule has 2 aliphatic rings. The Labute approximate surface area is 126 Å². The first-order chi connectivity index (χ1) is 10.2. The summed E-state index contributed by atoms with van der Waals surface area (Å²) >= 11 is 0. The maximum atomic E-state index is 11.9. The van der Waals surface area contributed by atoms with Crippen LogP contribution in [0, 0.1) is 11.3 Å². The molecule has 3 rings (SSSR count). The quantitative estimate of drug-likeness (QED) is 0.792. The Morgan fingerprint density at radius 3 is 2.76 bits per heavy atom. The molecule has 1 saturated heterocycles. The lowest BCUT2D eigenvalue weighted by Gasteiger charge is -2.46. The van der Waals surface area contributed by atoms with E-state index in [1.807, 2.05) is 11.0 Å². The summed E-state index contributed by atoms with van der Waals surface area (Å²) < 4.78 is 0. The Bertz CT molecular complexity index is 579. The van der Waals surface area contributed by atoms with E-state index in [4.69, 9.17) is 5.26 Å². The molecule has 1 fully saturated rings. The van der Waals surface area contributed by atoms with Crippen LogP contribution in [0.25, 0.3) is 0 Å². The third-order valence-corrected chi connectivity index (χ3v) is 5.42. The normalized spacial score (nSPS) is 23.4. The second kappa shape index (κ2) is 5.52. The topological polar surface area (TPSA) is 44.1 Å². The second-order valence-corrected chi connectivity index (χ2v) is 6.52. The van der Waals surface area contributed by atoms with Crippen molar-refractivity contribution < 1.29 is 4.79 Å². The molecule has 1 aromatic carbocycles. The van der Waals surface area contributed by atoms with E-state index in [9.17, 15) is 4.79 Å². The van der Waals surface area contributed by atoms with Crippen LogP contribution in [0.2, 0.25) is 0 Å². The van der Waals surface area contributed by atoms with E-state index >= 15 is 0 Å². The molecule has 0 bridgehead atoms. The van der Waals surface area contributed by atoms with E-state index in [0.29, 0.717) is 5.92 Å². The van der Waals surface area contributed by atoms with Crippen LogP contribution in [0.5, 0.6) is 0 Å². The number of piperidine rings is 1. The summed E-state index contributed by atoms with van der Waals surface area (Å²) in [7, 11) is 0. The highest BCUT2D eigenvalue weighted by Crippen LogP contribution is 2.48. The van der Waals surface area contributed by atoms with E-state index in [-0.39, 0.29) is 17.7 Å². The maximum Gasteiger partial charge on any atom is 0.236 e. The molecular formula is C18H22N2O. The third-order valence-electron chi connectivity index (χ3n) is 5.42. The number of carbonyl (C=O) groups is 1. The lowest BCUT2D eigenvalue weighted by atomic mass is 9.62. The Hall–Kier alpha value is -1.82. The predicted octanol–water partition coefficient (Wildman–Crippen LogP) is 3.36. The van der Waals surface area contributed by atoms with Crippen LogP contribution in [-0.2, 0) is 10.2 Å². The summed E-state index contributed by atoms with van der Waals surface area (Å²) in [5.74, 6) is 0.634. The Kier molecular flexibility index (Phi) is 3.71. The fourth-order valence-corrected chi connectivity index (χ4v) is 4.08. The molecule has 0 radical (unpaired) electrons. The molecule has 1 spiro atoms. The number of likely N-dealkylation sites (tertiary alicyclic amines) is 1. The number of fused-ring (bicyclic) bond motifs is 2. The monoisotopic (exact) mass is 282 g/mol. The van der Waals surface area contributed by atoms with Gasteiger partial charge in [-0.25, -0.2) is 0 Å². The van der Waals surface area contributed by atoms with Crippen molar-refractivity contribution in [1.29, 1.82) is 5.26 Å². The Morgan fingerprint density at radius 1 is 1.33 bits per heavy atom. The number of carbonyl (C=O) groups excluding carboxylic acids is 1. The number of nitriles is 1. The van der Waals surface area contributed by atoms with Crippen molar-refractivity contribution in [1.82, 2.24) is 4.90 Å². The van der Waals surface area contributed by atoms with Gasteiger partial charge in [0.2, 0.25) is 5.91 Å². The van der Waals surface area contributed by atoms with Gasteiger partial charge in [0.15, 0.2) is 0 Å². The highest BCUT2D eigenvalue weighted by molar-refractivity contribution is 5.78. The predicted molar refractivity (Wildman–Crippen MR) is 81.8 cm³/mol. The minimum atomic E-state index is -0.00943. The van der Waals surface area contributed by atoms with Crippen LogP contribution in [0.15, 0.2) is 24.3 Å². The maximum absolute atomic E-state index is 11.9. The number of benzene rings is 1. The fourth-order valence-electron chi connectivity index (χ4n) is 4.08. The van der Waals surface area contributed by atoms with E-state index < -0.39 is 0 Å². The number of hydrogen-bond acceptors (Lipinski definition) is 2. The van der Waals surface area contributed by atoms with E-state index in [2.05, 4.69) is 31.2 Å². The molecule has 0 N–H and O–H groups in total. The van der Waals surface area contributed by atoms with Crippen LogP contribution in [-0.4, -0.2) is 23.9 Å². The molecule has 1 unspecified atom stereocenters. The molecular weight excluding hydrogens is 260 g/mol. The molecule has 1 aliphatic carbocycles. The Morgan fingerprint density at radius 2 is 2.05 bits per heavy atom. The van der Waals surface area contributed by atoms with Gasteiger partial charge in [-0.15, -0.1) is 0 Å². The van der Waals surface area contributed by atoms with Crippen molar-refractivity contribution in [2.45, 2.75) is 50.4 Å². The minimum absolute atomic E-state index is 0.00943. The summed E-state index contributed by atoms with van der Waals surface area (Å²) in [6, 6.07) is 10.8. The van der Waals surface area contributed by atoms with Gasteiger partial charge in [-0.05, 0) is 48.1 Å². The third kappa shape index (κ3) is 2.44. The van der Waals surface area contributed by atoms with Gasteiger partial charge in [0.1, 0.15) is 6.42 Å². The molecule has 1 atom stereocenters. The smallest absolute Gasteiger partial charge is 0.236 e. The molecule has 1 heterocycles. The molecule has 21 heavy (non-hydrogen) atoms. The number of amides is 1. The summed E-state index contributed by atoms with van der Waals surface area (Å²) in [6.45, 7) is 3.91. The van der Waals surface area contributed by atoms with Crippen LogP contribution in [0.1, 0.15) is 56.1 Å². The summed E-state index contributed by atoms with van der Waals surface area (Å²) in [5.41, 5.74) is 3.27. The highest BCUT2D eigenvalue weighted by Gasteiger charge is 2.41. The van der Waals surface area contributed by atoms with Gasteiger partial charge in [-0.1, -0.05) is 31.2 Å². The van der Waals surface area contributed by atoms with Gasteiger partial charge in [-0.3, -0.25) is 4.79 Å². The van der Waals surface area contributed by atoms with Crippen molar-refractivity contribution in [3.63, 3.8) is 0 Å².